The van der Waals surface area contributed by atoms with Gasteiger partial charge < -0.3 is 10.1 Å². The van der Waals surface area contributed by atoms with E-state index in [9.17, 15) is 9.59 Å². The Balaban J connectivity index is 1.98. The lowest BCUT2D eigenvalue weighted by atomic mass is 9.88. The summed E-state index contributed by atoms with van der Waals surface area (Å²) in [6, 6.07) is 12.8. The predicted molar refractivity (Wildman–Crippen MR) is 105 cm³/mol. The highest BCUT2D eigenvalue weighted by molar-refractivity contribution is 6.30. The first-order valence-electron chi connectivity index (χ1n) is 8.57. The predicted octanol–water partition coefficient (Wildman–Crippen LogP) is 4.88. The lowest BCUT2D eigenvalue weighted by Gasteiger charge is -2.20. The summed E-state index contributed by atoms with van der Waals surface area (Å²) >= 11 is 5.91. The molecule has 0 fully saturated rings. The van der Waals surface area contributed by atoms with Crippen molar-refractivity contribution in [2.45, 2.75) is 33.6 Å². The molecule has 0 heterocycles. The van der Waals surface area contributed by atoms with Gasteiger partial charge in [-0.3, -0.25) is 9.59 Å². The monoisotopic (exact) mass is 373 g/mol. The van der Waals surface area contributed by atoms with Gasteiger partial charge in [0.1, 0.15) is 0 Å². The molecule has 0 aliphatic rings. The van der Waals surface area contributed by atoms with Crippen molar-refractivity contribution >= 4 is 29.2 Å². The number of ether oxygens (including phenoxy) is 1. The zero-order valence-corrected chi connectivity index (χ0v) is 16.3. The molecule has 1 amide bonds. The van der Waals surface area contributed by atoms with Gasteiger partial charge in [0, 0.05) is 10.7 Å². The van der Waals surface area contributed by atoms with Crippen molar-refractivity contribution < 1.29 is 14.3 Å². The van der Waals surface area contributed by atoms with Crippen molar-refractivity contribution in [1.82, 2.24) is 0 Å². The Morgan fingerprint density at radius 2 is 1.73 bits per heavy atom. The van der Waals surface area contributed by atoms with Crippen LogP contribution in [0, 0.1) is 19.8 Å². The van der Waals surface area contributed by atoms with Crippen molar-refractivity contribution in [2.24, 2.45) is 5.92 Å². The van der Waals surface area contributed by atoms with Gasteiger partial charge in [-0.25, -0.2) is 0 Å². The van der Waals surface area contributed by atoms with Crippen molar-refractivity contribution in [3.63, 3.8) is 0 Å². The van der Waals surface area contributed by atoms with Crippen LogP contribution in [-0.4, -0.2) is 18.5 Å². The maximum absolute atomic E-state index is 12.5. The summed E-state index contributed by atoms with van der Waals surface area (Å²) in [4.78, 5) is 24.6. The van der Waals surface area contributed by atoms with Crippen LogP contribution in [0.1, 0.15) is 36.5 Å². The van der Waals surface area contributed by atoms with Crippen molar-refractivity contribution in [1.29, 1.82) is 0 Å². The fourth-order valence-corrected chi connectivity index (χ4v) is 2.96. The van der Waals surface area contributed by atoms with E-state index in [4.69, 9.17) is 16.3 Å². The SMILES string of the molecule is Cc1ccc(NC(=O)COC(=O)[C@@H](c2ccc(Cl)cc2)C(C)C)c(C)c1. The molecule has 0 saturated heterocycles. The zero-order chi connectivity index (χ0) is 19.3. The van der Waals surface area contributed by atoms with Gasteiger partial charge in [0.05, 0.1) is 5.92 Å². The number of hydrogen-bond acceptors (Lipinski definition) is 3. The third-order valence-electron chi connectivity index (χ3n) is 4.15. The molecule has 2 aromatic rings. The minimum absolute atomic E-state index is 0.0334. The Labute approximate surface area is 159 Å². The maximum Gasteiger partial charge on any atom is 0.314 e. The molecule has 0 aromatic heterocycles. The molecule has 5 heteroatoms. The summed E-state index contributed by atoms with van der Waals surface area (Å²) in [7, 11) is 0. The van der Waals surface area contributed by atoms with Crippen LogP contribution in [-0.2, 0) is 14.3 Å². The molecule has 0 saturated carbocycles. The number of benzene rings is 2. The van der Waals surface area contributed by atoms with Crippen molar-refractivity contribution in [3.05, 3.63) is 64.2 Å². The topological polar surface area (TPSA) is 55.4 Å². The third-order valence-corrected chi connectivity index (χ3v) is 4.40. The zero-order valence-electron chi connectivity index (χ0n) is 15.5. The average Bonchev–Trinajstić information content (AvgIpc) is 2.57. The molecule has 2 aromatic carbocycles. The van der Waals surface area contributed by atoms with E-state index in [-0.39, 0.29) is 18.4 Å². The number of aryl methyl sites for hydroxylation is 2. The fraction of sp³-hybridized carbons (Fsp3) is 0.333. The molecular weight excluding hydrogens is 350 g/mol. The summed E-state index contributed by atoms with van der Waals surface area (Å²) in [5.74, 6) is -1.19. The number of carbonyl (C=O) groups excluding carboxylic acids is 2. The summed E-state index contributed by atoms with van der Waals surface area (Å²) in [6.07, 6.45) is 0. The van der Waals surface area contributed by atoms with Crippen LogP contribution in [0.5, 0.6) is 0 Å². The Bertz CT molecular complexity index is 784. The smallest absolute Gasteiger partial charge is 0.314 e. The average molecular weight is 374 g/mol. The number of halogens is 1. The summed E-state index contributed by atoms with van der Waals surface area (Å²) < 4.78 is 5.26. The van der Waals surface area contributed by atoms with E-state index in [1.165, 1.54) is 0 Å². The number of anilines is 1. The normalized spacial score (nSPS) is 11.9. The van der Waals surface area contributed by atoms with E-state index in [0.29, 0.717) is 5.02 Å². The minimum Gasteiger partial charge on any atom is -0.455 e. The van der Waals surface area contributed by atoms with E-state index in [1.807, 2.05) is 58.0 Å². The largest absolute Gasteiger partial charge is 0.455 e. The summed E-state index contributed by atoms with van der Waals surface area (Å²) in [5.41, 5.74) is 3.62. The second-order valence-corrected chi connectivity index (χ2v) is 7.18. The van der Waals surface area contributed by atoms with Gasteiger partial charge in [-0.15, -0.1) is 0 Å². The quantitative estimate of drug-likeness (QED) is 0.734. The van der Waals surface area contributed by atoms with E-state index >= 15 is 0 Å². The lowest BCUT2D eigenvalue weighted by Crippen LogP contribution is -2.26. The van der Waals surface area contributed by atoms with Crippen LogP contribution in [0.2, 0.25) is 5.02 Å². The second kappa shape index (κ2) is 8.86. The second-order valence-electron chi connectivity index (χ2n) is 6.75. The molecule has 0 unspecified atom stereocenters. The molecule has 0 radical (unpaired) electrons. The van der Waals surface area contributed by atoms with Gasteiger partial charge >= 0.3 is 5.97 Å². The van der Waals surface area contributed by atoms with Gasteiger partial charge in [-0.2, -0.15) is 0 Å². The molecular formula is C21H24ClNO3. The van der Waals surface area contributed by atoms with Crippen molar-refractivity contribution in [3.8, 4) is 0 Å². The van der Waals surface area contributed by atoms with E-state index in [2.05, 4.69) is 5.32 Å². The van der Waals surface area contributed by atoms with Gasteiger partial charge in [0.2, 0.25) is 0 Å². The Morgan fingerprint density at radius 3 is 2.31 bits per heavy atom. The highest BCUT2D eigenvalue weighted by Gasteiger charge is 2.26. The highest BCUT2D eigenvalue weighted by atomic mass is 35.5. The van der Waals surface area contributed by atoms with Crippen molar-refractivity contribution in [2.75, 3.05) is 11.9 Å². The Kier molecular flexibility index (Phi) is 6.81. The summed E-state index contributed by atoms with van der Waals surface area (Å²) in [5, 5.41) is 3.38. The molecule has 26 heavy (non-hydrogen) atoms. The van der Waals surface area contributed by atoms with E-state index in [0.717, 1.165) is 22.4 Å². The molecule has 1 N–H and O–H groups in total. The van der Waals surface area contributed by atoms with Crippen LogP contribution in [0.15, 0.2) is 42.5 Å². The van der Waals surface area contributed by atoms with Gasteiger partial charge in [0.25, 0.3) is 5.91 Å². The first-order chi connectivity index (χ1) is 12.3. The van der Waals surface area contributed by atoms with Crippen LogP contribution < -0.4 is 5.32 Å². The standard InChI is InChI=1S/C21H24ClNO3/c1-13(2)20(16-6-8-17(22)9-7-16)21(25)26-12-19(24)23-18-10-5-14(3)11-15(18)4/h5-11,13,20H,12H2,1-4H3,(H,23,24)/t20-/m1/s1. The molecule has 0 spiro atoms. The van der Waals surface area contributed by atoms with Gasteiger partial charge in [-0.1, -0.05) is 55.3 Å². The number of nitrogens with one attached hydrogen (secondary N) is 1. The van der Waals surface area contributed by atoms with Gasteiger partial charge in [0.15, 0.2) is 6.61 Å². The molecule has 1 atom stereocenters. The van der Waals surface area contributed by atoms with Crippen LogP contribution in [0.25, 0.3) is 0 Å². The number of carbonyl (C=O) groups is 2. The minimum atomic E-state index is -0.443. The van der Waals surface area contributed by atoms with Crippen LogP contribution in [0.3, 0.4) is 0 Å². The number of hydrogen-bond donors (Lipinski definition) is 1. The molecule has 0 aliphatic carbocycles. The molecule has 138 valence electrons. The van der Waals surface area contributed by atoms with E-state index < -0.39 is 11.9 Å². The van der Waals surface area contributed by atoms with Crippen LogP contribution in [0.4, 0.5) is 5.69 Å². The highest BCUT2D eigenvalue weighted by Crippen LogP contribution is 2.27. The number of rotatable bonds is 6. The fourth-order valence-electron chi connectivity index (χ4n) is 2.83. The Hall–Kier alpha value is -2.33. The van der Waals surface area contributed by atoms with E-state index in [1.54, 1.807) is 12.1 Å². The molecule has 0 bridgehead atoms. The first-order valence-corrected chi connectivity index (χ1v) is 8.95. The van der Waals surface area contributed by atoms with Gasteiger partial charge in [-0.05, 0) is 49.1 Å². The molecule has 2 rings (SSSR count). The molecule has 4 nitrogen and oxygen atoms in total. The Morgan fingerprint density at radius 1 is 1.08 bits per heavy atom. The maximum atomic E-state index is 12.5. The molecule has 0 aliphatic heterocycles. The number of esters is 1. The summed E-state index contributed by atoms with van der Waals surface area (Å²) in [6.45, 7) is 7.47. The third kappa shape index (κ3) is 5.33. The number of amides is 1. The first kappa shape index (κ1) is 20.0. The van der Waals surface area contributed by atoms with Crippen LogP contribution >= 0.6 is 11.6 Å². The lowest BCUT2D eigenvalue weighted by molar-refractivity contribution is -0.149.